The number of rotatable bonds is 9. The molecule has 3 atom stereocenters. The molecule has 1 fully saturated rings. The van der Waals surface area contributed by atoms with E-state index in [1.165, 1.54) is 0 Å². The Bertz CT molecular complexity index is 1040. The highest BCUT2D eigenvalue weighted by molar-refractivity contribution is 6.01. The number of benzene rings is 1. The Labute approximate surface area is 186 Å². The Morgan fingerprint density at radius 2 is 2.09 bits per heavy atom. The van der Waals surface area contributed by atoms with Gasteiger partial charge in [-0.3, -0.25) is 14.4 Å². The molecule has 0 aliphatic carbocycles. The number of hydrogen-bond acceptors (Lipinski definition) is 5. The molecular formula is C23H29N5O4. The number of nitriles is 1. The first-order valence-electron chi connectivity index (χ1n) is 10.8. The average molecular weight is 440 g/mol. The number of fused-ring (bicyclic) bond motifs is 1. The molecule has 0 radical (unpaired) electrons. The summed E-state index contributed by atoms with van der Waals surface area (Å²) in [5.74, 6) is -0.476. The standard InChI is InChI=1S/C23H29N5O4/c1-13(2)9-18(22(30)26-15(12-24)10-14-7-8-25-21(14)29)28-23(31)19-11-16-17(27-19)5-4-6-20(16)32-3/h4-6,11,13-15,18,27H,7-10H2,1-3H3,(H,25,29)(H,26,30)(H,28,31)/t14?,15-,18-/m0/s1. The largest absolute Gasteiger partial charge is 0.496 e. The fourth-order valence-electron chi connectivity index (χ4n) is 3.94. The fourth-order valence-corrected chi connectivity index (χ4v) is 3.94. The number of aromatic nitrogens is 1. The summed E-state index contributed by atoms with van der Waals surface area (Å²) >= 11 is 0. The van der Waals surface area contributed by atoms with Crippen molar-refractivity contribution in [3.05, 3.63) is 30.0 Å². The van der Waals surface area contributed by atoms with Gasteiger partial charge in [-0.25, -0.2) is 0 Å². The summed E-state index contributed by atoms with van der Waals surface area (Å²) in [6.45, 7) is 4.48. The van der Waals surface area contributed by atoms with Crippen LogP contribution in [0, 0.1) is 23.2 Å². The van der Waals surface area contributed by atoms with Crippen LogP contribution in [0.25, 0.3) is 10.9 Å². The Morgan fingerprint density at radius 3 is 2.72 bits per heavy atom. The third kappa shape index (κ3) is 5.38. The molecule has 9 nitrogen and oxygen atoms in total. The maximum Gasteiger partial charge on any atom is 0.268 e. The molecule has 1 aliphatic heterocycles. The summed E-state index contributed by atoms with van der Waals surface area (Å²) in [5.41, 5.74) is 1.06. The molecular weight excluding hydrogens is 410 g/mol. The molecule has 1 aromatic heterocycles. The number of amides is 3. The van der Waals surface area contributed by atoms with Gasteiger partial charge < -0.3 is 25.7 Å². The molecule has 32 heavy (non-hydrogen) atoms. The molecule has 0 saturated carbocycles. The van der Waals surface area contributed by atoms with Gasteiger partial charge in [0.2, 0.25) is 11.8 Å². The SMILES string of the molecule is COc1cccc2[nH]c(C(=O)N[C@@H](CC(C)C)C(=O)N[C@H](C#N)CC3CCNC3=O)cc12. The molecule has 1 saturated heterocycles. The summed E-state index contributed by atoms with van der Waals surface area (Å²) in [7, 11) is 1.56. The maximum absolute atomic E-state index is 12.9. The monoisotopic (exact) mass is 439 g/mol. The summed E-state index contributed by atoms with van der Waals surface area (Å²) in [6, 6.07) is 7.59. The second-order valence-corrected chi connectivity index (χ2v) is 8.46. The van der Waals surface area contributed by atoms with Crippen LogP contribution in [0.15, 0.2) is 24.3 Å². The molecule has 1 aromatic carbocycles. The highest BCUT2D eigenvalue weighted by atomic mass is 16.5. The van der Waals surface area contributed by atoms with Gasteiger partial charge in [0.05, 0.1) is 13.2 Å². The molecule has 1 unspecified atom stereocenters. The summed E-state index contributed by atoms with van der Waals surface area (Å²) in [4.78, 5) is 40.7. The lowest BCUT2D eigenvalue weighted by atomic mass is 9.98. The molecule has 2 heterocycles. The lowest BCUT2D eigenvalue weighted by Crippen LogP contribution is -2.50. The van der Waals surface area contributed by atoms with Crippen molar-refractivity contribution in [1.82, 2.24) is 20.9 Å². The van der Waals surface area contributed by atoms with Gasteiger partial charge in [0.25, 0.3) is 5.91 Å². The Morgan fingerprint density at radius 1 is 1.31 bits per heavy atom. The van der Waals surface area contributed by atoms with E-state index in [1.807, 2.05) is 26.0 Å². The highest BCUT2D eigenvalue weighted by Crippen LogP contribution is 2.26. The number of carbonyl (C=O) groups excluding carboxylic acids is 3. The first-order valence-corrected chi connectivity index (χ1v) is 10.8. The van der Waals surface area contributed by atoms with Crippen LogP contribution in [-0.2, 0) is 9.59 Å². The van der Waals surface area contributed by atoms with Crippen LogP contribution in [0.1, 0.15) is 43.6 Å². The van der Waals surface area contributed by atoms with Gasteiger partial charge in [0, 0.05) is 23.4 Å². The van der Waals surface area contributed by atoms with Crippen molar-refractivity contribution in [2.24, 2.45) is 11.8 Å². The van der Waals surface area contributed by atoms with E-state index in [4.69, 9.17) is 4.74 Å². The second kappa shape index (κ2) is 10.2. The number of aromatic amines is 1. The number of methoxy groups -OCH3 is 1. The zero-order valence-corrected chi connectivity index (χ0v) is 18.5. The molecule has 1 aliphatic rings. The van der Waals surface area contributed by atoms with Crippen molar-refractivity contribution in [2.75, 3.05) is 13.7 Å². The minimum atomic E-state index is -0.816. The third-order valence-corrected chi connectivity index (χ3v) is 5.57. The van der Waals surface area contributed by atoms with Crippen LogP contribution in [0.2, 0.25) is 0 Å². The molecule has 3 amide bonds. The van der Waals surface area contributed by atoms with Crippen molar-refractivity contribution >= 4 is 28.6 Å². The lowest BCUT2D eigenvalue weighted by Gasteiger charge is -2.22. The molecule has 2 aromatic rings. The van der Waals surface area contributed by atoms with E-state index in [0.717, 1.165) is 10.9 Å². The van der Waals surface area contributed by atoms with E-state index >= 15 is 0 Å². The van der Waals surface area contributed by atoms with Gasteiger partial charge in [0.15, 0.2) is 0 Å². The van der Waals surface area contributed by atoms with Crippen molar-refractivity contribution in [3.8, 4) is 11.8 Å². The summed E-state index contributed by atoms with van der Waals surface area (Å²) in [5, 5.41) is 18.5. The Kier molecular flexibility index (Phi) is 7.36. The van der Waals surface area contributed by atoms with Crippen LogP contribution in [0.5, 0.6) is 5.75 Å². The predicted molar refractivity (Wildman–Crippen MR) is 119 cm³/mol. The van der Waals surface area contributed by atoms with E-state index in [1.54, 1.807) is 19.2 Å². The number of nitrogens with one attached hydrogen (secondary N) is 4. The van der Waals surface area contributed by atoms with E-state index in [9.17, 15) is 19.6 Å². The number of H-pyrrole nitrogens is 1. The van der Waals surface area contributed by atoms with Crippen LogP contribution < -0.4 is 20.7 Å². The zero-order valence-electron chi connectivity index (χ0n) is 18.5. The summed E-state index contributed by atoms with van der Waals surface area (Å²) < 4.78 is 5.34. The predicted octanol–water partition coefficient (Wildman–Crippen LogP) is 1.86. The number of hydrogen-bond donors (Lipinski definition) is 4. The minimum Gasteiger partial charge on any atom is -0.496 e. The highest BCUT2D eigenvalue weighted by Gasteiger charge is 2.30. The van der Waals surface area contributed by atoms with E-state index in [0.29, 0.717) is 30.8 Å². The Hall–Kier alpha value is -3.54. The van der Waals surface area contributed by atoms with Gasteiger partial charge in [-0.05, 0) is 43.4 Å². The molecule has 0 spiro atoms. The van der Waals surface area contributed by atoms with Crippen LogP contribution >= 0.6 is 0 Å². The molecule has 170 valence electrons. The smallest absolute Gasteiger partial charge is 0.268 e. The van der Waals surface area contributed by atoms with Crippen molar-refractivity contribution in [3.63, 3.8) is 0 Å². The minimum absolute atomic E-state index is 0.0965. The van der Waals surface area contributed by atoms with E-state index in [2.05, 4.69) is 27.0 Å². The molecule has 4 N–H and O–H groups in total. The van der Waals surface area contributed by atoms with Gasteiger partial charge in [-0.2, -0.15) is 5.26 Å². The van der Waals surface area contributed by atoms with Gasteiger partial charge in [-0.1, -0.05) is 19.9 Å². The average Bonchev–Trinajstić information content (AvgIpc) is 3.38. The fraction of sp³-hybridized carbons (Fsp3) is 0.478. The zero-order chi connectivity index (χ0) is 23.3. The number of carbonyl (C=O) groups is 3. The molecule has 3 rings (SSSR count). The molecule has 9 heteroatoms. The van der Waals surface area contributed by atoms with Crippen molar-refractivity contribution < 1.29 is 19.1 Å². The first-order chi connectivity index (χ1) is 15.3. The maximum atomic E-state index is 12.9. The van der Waals surface area contributed by atoms with Crippen LogP contribution in [0.4, 0.5) is 0 Å². The van der Waals surface area contributed by atoms with Gasteiger partial charge >= 0.3 is 0 Å². The molecule has 0 bridgehead atoms. The Balaban J connectivity index is 1.71. The quantitative estimate of drug-likeness (QED) is 0.473. The van der Waals surface area contributed by atoms with Gasteiger partial charge in [-0.15, -0.1) is 0 Å². The van der Waals surface area contributed by atoms with E-state index < -0.39 is 23.9 Å². The number of ether oxygens (including phenoxy) is 1. The van der Waals surface area contributed by atoms with Gasteiger partial charge in [0.1, 0.15) is 23.5 Å². The van der Waals surface area contributed by atoms with Crippen LogP contribution in [-0.4, -0.2) is 48.4 Å². The first kappa shape index (κ1) is 23.1. The van der Waals surface area contributed by atoms with Crippen molar-refractivity contribution in [1.29, 1.82) is 5.26 Å². The third-order valence-electron chi connectivity index (χ3n) is 5.57. The van der Waals surface area contributed by atoms with Crippen LogP contribution in [0.3, 0.4) is 0 Å². The normalized spacial score (nSPS) is 17.5. The van der Waals surface area contributed by atoms with E-state index in [-0.39, 0.29) is 24.2 Å². The van der Waals surface area contributed by atoms with Crippen molar-refractivity contribution in [2.45, 2.75) is 45.2 Å². The second-order valence-electron chi connectivity index (χ2n) is 8.46. The topological polar surface area (TPSA) is 136 Å². The summed E-state index contributed by atoms with van der Waals surface area (Å²) in [6.07, 6.45) is 1.30. The number of nitrogens with zero attached hydrogens (tertiary/aromatic N) is 1. The lowest BCUT2D eigenvalue weighted by molar-refractivity contribution is -0.125.